The highest BCUT2D eigenvalue weighted by molar-refractivity contribution is 5.77. The van der Waals surface area contributed by atoms with Gasteiger partial charge in [0.1, 0.15) is 23.6 Å². The summed E-state index contributed by atoms with van der Waals surface area (Å²) in [5.74, 6) is -0.515. The maximum absolute atomic E-state index is 13.7. The Labute approximate surface area is 127 Å². The van der Waals surface area contributed by atoms with Crippen molar-refractivity contribution < 1.29 is 8.78 Å². The Kier molecular flexibility index (Phi) is 4.04. The van der Waals surface area contributed by atoms with Gasteiger partial charge in [-0.2, -0.15) is 0 Å². The van der Waals surface area contributed by atoms with Crippen molar-refractivity contribution in [1.82, 2.24) is 9.97 Å². The molecule has 1 aliphatic rings. The summed E-state index contributed by atoms with van der Waals surface area (Å²) in [6.07, 6.45) is 5.90. The Morgan fingerprint density at radius 2 is 1.82 bits per heavy atom. The number of rotatable bonds is 4. The van der Waals surface area contributed by atoms with E-state index in [4.69, 9.17) is 5.73 Å². The van der Waals surface area contributed by atoms with Crippen molar-refractivity contribution in [3.05, 3.63) is 36.2 Å². The second-order valence-electron chi connectivity index (χ2n) is 5.36. The van der Waals surface area contributed by atoms with E-state index in [2.05, 4.69) is 20.6 Å². The molecular formula is C15H17F2N5. The van der Waals surface area contributed by atoms with E-state index in [9.17, 15) is 8.78 Å². The van der Waals surface area contributed by atoms with Crippen molar-refractivity contribution in [2.75, 3.05) is 16.4 Å². The average molecular weight is 305 g/mol. The minimum absolute atomic E-state index is 0.110. The minimum atomic E-state index is -0.705. The number of hydrogen-bond acceptors (Lipinski definition) is 5. The first-order valence-electron chi connectivity index (χ1n) is 7.22. The first kappa shape index (κ1) is 14.5. The van der Waals surface area contributed by atoms with Crippen LogP contribution in [0.4, 0.5) is 31.8 Å². The SMILES string of the molecule is Nc1c(Nc2ccc(F)cc2F)ncnc1NC1CCCC1. The van der Waals surface area contributed by atoms with E-state index in [1.165, 1.54) is 31.3 Å². The lowest BCUT2D eigenvalue weighted by Gasteiger charge is -2.16. The molecule has 0 aliphatic heterocycles. The normalized spacial score (nSPS) is 15.0. The maximum Gasteiger partial charge on any atom is 0.159 e. The van der Waals surface area contributed by atoms with Gasteiger partial charge < -0.3 is 16.4 Å². The highest BCUT2D eigenvalue weighted by Gasteiger charge is 2.18. The first-order chi connectivity index (χ1) is 10.6. The zero-order valence-corrected chi connectivity index (χ0v) is 11.9. The number of anilines is 4. The Morgan fingerprint density at radius 1 is 1.09 bits per heavy atom. The molecule has 0 saturated heterocycles. The molecule has 0 spiro atoms. The lowest BCUT2D eigenvalue weighted by atomic mass is 10.2. The molecule has 0 unspecified atom stereocenters. The number of hydrogen-bond donors (Lipinski definition) is 3. The van der Waals surface area contributed by atoms with Gasteiger partial charge in [0.05, 0.1) is 5.69 Å². The van der Waals surface area contributed by atoms with Gasteiger partial charge in [0.25, 0.3) is 0 Å². The zero-order valence-electron chi connectivity index (χ0n) is 11.9. The monoisotopic (exact) mass is 305 g/mol. The topological polar surface area (TPSA) is 75.9 Å². The molecular weight excluding hydrogens is 288 g/mol. The number of halogens is 2. The maximum atomic E-state index is 13.7. The van der Waals surface area contributed by atoms with Gasteiger partial charge in [0, 0.05) is 12.1 Å². The summed E-state index contributed by atoms with van der Waals surface area (Å²) in [4.78, 5) is 8.16. The Morgan fingerprint density at radius 3 is 2.55 bits per heavy atom. The molecule has 3 rings (SSSR count). The van der Waals surface area contributed by atoms with Gasteiger partial charge in [-0.25, -0.2) is 18.7 Å². The number of nitrogens with zero attached hydrogens (tertiary/aromatic N) is 2. The van der Waals surface area contributed by atoms with E-state index < -0.39 is 11.6 Å². The van der Waals surface area contributed by atoms with Crippen LogP contribution in [0.15, 0.2) is 24.5 Å². The fourth-order valence-corrected chi connectivity index (χ4v) is 2.59. The molecule has 2 aromatic rings. The molecule has 1 saturated carbocycles. The van der Waals surface area contributed by atoms with Crippen LogP contribution in [0.1, 0.15) is 25.7 Å². The number of nitrogens with two attached hydrogens (primary N) is 1. The van der Waals surface area contributed by atoms with E-state index in [0.29, 0.717) is 23.4 Å². The predicted octanol–water partition coefficient (Wildman–Crippen LogP) is 3.44. The minimum Gasteiger partial charge on any atom is -0.393 e. The van der Waals surface area contributed by atoms with Crippen LogP contribution in [0.5, 0.6) is 0 Å². The van der Waals surface area contributed by atoms with Gasteiger partial charge in [-0.1, -0.05) is 12.8 Å². The molecule has 1 aliphatic carbocycles. The summed E-state index contributed by atoms with van der Waals surface area (Å²) in [5, 5.41) is 6.06. The van der Waals surface area contributed by atoms with Crippen molar-refractivity contribution in [3.63, 3.8) is 0 Å². The van der Waals surface area contributed by atoms with Crippen molar-refractivity contribution >= 4 is 23.0 Å². The average Bonchev–Trinajstić information content (AvgIpc) is 2.99. The van der Waals surface area contributed by atoms with Gasteiger partial charge in [0.2, 0.25) is 0 Å². The van der Waals surface area contributed by atoms with Crippen LogP contribution < -0.4 is 16.4 Å². The van der Waals surface area contributed by atoms with Crippen LogP contribution in [0.2, 0.25) is 0 Å². The molecule has 1 aromatic heterocycles. The molecule has 1 fully saturated rings. The van der Waals surface area contributed by atoms with E-state index >= 15 is 0 Å². The molecule has 0 radical (unpaired) electrons. The molecule has 116 valence electrons. The number of benzene rings is 1. The van der Waals surface area contributed by atoms with Crippen LogP contribution in [0, 0.1) is 11.6 Å². The van der Waals surface area contributed by atoms with Crippen molar-refractivity contribution in [1.29, 1.82) is 0 Å². The quantitative estimate of drug-likeness (QED) is 0.807. The highest BCUT2D eigenvalue weighted by Crippen LogP contribution is 2.29. The third-order valence-corrected chi connectivity index (χ3v) is 3.76. The van der Waals surface area contributed by atoms with Crippen molar-refractivity contribution in [3.8, 4) is 0 Å². The second-order valence-corrected chi connectivity index (χ2v) is 5.36. The Bertz CT molecular complexity index is 671. The van der Waals surface area contributed by atoms with Gasteiger partial charge in [-0.05, 0) is 25.0 Å². The number of aromatic nitrogens is 2. The van der Waals surface area contributed by atoms with Crippen LogP contribution in [0.3, 0.4) is 0 Å². The molecule has 5 nitrogen and oxygen atoms in total. The van der Waals surface area contributed by atoms with Gasteiger partial charge >= 0.3 is 0 Å². The zero-order chi connectivity index (χ0) is 15.5. The molecule has 4 N–H and O–H groups in total. The predicted molar refractivity (Wildman–Crippen MR) is 82.0 cm³/mol. The molecule has 1 aromatic carbocycles. The smallest absolute Gasteiger partial charge is 0.159 e. The number of nitrogens with one attached hydrogen (secondary N) is 2. The first-order valence-corrected chi connectivity index (χ1v) is 7.22. The fourth-order valence-electron chi connectivity index (χ4n) is 2.59. The van der Waals surface area contributed by atoms with Crippen molar-refractivity contribution in [2.24, 2.45) is 0 Å². The molecule has 1 heterocycles. The van der Waals surface area contributed by atoms with Gasteiger partial charge in [0.15, 0.2) is 11.6 Å². The molecule has 0 atom stereocenters. The lowest BCUT2D eigenvalue weighted by Crippen LogP contribution is -2.17. The second kappa shape index (κ2) is 6.13. The van der Waals surface area contributed by atoms with E-state index in [0.717, 1.165) is 18.9 Å². The summed E-state index contributed by atoms with van der Waals surface area (Å²) in [6.45, 7) is 0. The standard InChI is InChI=1S/C15H17F2N5/c16-9-5-6-12(11(17)7-9)22-15-13(18)14(19-8-20-15)21-10-3-1-2-4-10/h5-8,10H,1-4,18H2,(H2,19,20,21,22). The summed E-state index contributed by atoms with van der Waals surface area (Å²) in [6, 6.07) is 3.63. The Balaban J connectivity index is 1.81. The third-order valence-electron chi connectivity index (χ3n) is 3.76. The van der Waals surface area contributed by atoms with Gasteiger partial charge in [-0.15, -0.1) is 0 Å². The van der Waals surface area contributed by atoms with Gasteiger partial charge in [-0.3, -0.25) is 0 Å². The van der Waals surface area contributed by atoms with E-state index in [1.807, 2.05) is 0 Å². The van der Waals surface area contributed by atoms with E-state index in [-0.39, 0.29) is 5.69 Å². The van der Waals surface area contributed by atoms with Crippen LogP contribution in [-0.2, 0) is 0 Å². The Hall–Kier alpha value is -2.44. The molecule has 0 amide bonds. The lowest BCUT2D eigenvalue weighted by molar-refractivity contribution is 0.586. The largest absolute Gasteiger partial charge is 0.393 e. The van der Waals surface area contributed by atoms with E-state index in [1.54, 1.807) is 0 Å². The highest BCUT2D eigenvalue weighted by atomic mass is 19.1. The fraction of sp³-hybridized carbons (Fsp3) is 0.333. The van der Waals surface area contributed by atoms with Crippen molar-refractivity contribution in [2.45, 2.75) is 31.7 Å². The molecule has 7 heteroatoms. The van der Waals surface area contributed by atoms with Crippen LogP contribution in [0.25, 0.3) is 0 Å². The molecule has 22 heavy (non-hydrogen) atoms. The summed E-state index contributed by atoms with van der Waals surface area (Å²) in [7, 11) is 0. The molecule has 0 bridgehead atoms. The summed E-state index contributed by atoms with van der Waals surface area (Å²) >= 11 is 0. The summed E-state index contributed by atoms with van der Waals surface area (Å²) in [5.41, 5.74) is 6.47. The summed E-state index contributed by atoms with van der Waals surface area (Å²) < 4.78 is 26.6. The number of nitrogen functional groups attached to an aromatic ring is 1. The van der Waals surface area contributed by atoms with Crippen LogP contribution in [-0.4, -0.2) is 16.0 Å². The third kappa shape index (κ3) is 3.08. The van der Waals surface area contributed by atoms with Crippen LogP contribution >= 0.6 is 0 Å².